The predicted octanol–water partition coefficient (Wildman–Crippen LogP) is 5.05. The summed E-state index contributed by atoms with van der Waals surface area (Å²) in [4.78, 5) is 44.6. The number of methoxy groups -OCH3 is 4. The first kappa shape index (κ1) is 35.4. The molecule has 2 N–H and O–H groups in total. The van der Waals surface area contributed by atoms with Gasteiger partial charge in [0.1, 0.15) is 11.8 Å². The number of para-hydroxylation sites is 2. The zero-order chi connectivity index (χ0) is 35.2. The van der Waals surface area contributed by atoms with E-state index < -0.39 is 12.1 Å². The number of hydrogen-bond donors (Lipinski definition) is 2. The van der Waals surface area contributed by atoms with Gasteiger partial charge in [-0.2, -0.15) is 0 Å². The fourth-order valence-electron chi connectivity index (χ4n) is 6.93. The molecule has 1 fully saturated rings. The molecule has 1 heterocycles. The number of amides is 2. The van der Waals surface area contributed by atoms with Crippen molar-refractivity contribution in [3.63, 3.8) is 0 Å². The van der Waals surface area contributed by atoms with Crippen molar-refractivity contribution in [1.29, 1.82) is 0 Å². The highest BCUT2D eigenvalue weighted by molar-refractivity contribution is 5.86. The third-order valence-electron chi connectivity index (χ3n) is 9.72. The van der Waals surface area contributed by atoms with Crippen LogP contribution in [0.4, 0.5) is 11.4 Å². The topological polar surface area (TPSA) is 119 Å². The highest BCUT2D eigenvalue weighted by Crippen LogP contribution is 2.50. The van der Waals surface area contributed by atoms with Gasteiger partial charge < -0.3 is 39.4 Å². The van der Waals surface area contributed by atoms with Gasteiger partial charge >= 0.3 is 0 Å². The number of piperazine rings is 1. The number of aryl methyl sites for hydroxylation is 1. The van der Waals surface area contributed by atoms with Gasteiger partial charge in [-0.3, -0.25) is 14.4 Å². The van der Waals surface area contributed by atoms with Crippen LogP contribution in [0.2, 0.25) is 0 Å². The third-order valence-corrected chi connectivity index (χ3v) is 9.72. The van der Waals surface area contributed by atoms with Crippen molar-refractivity contribution in [2.75, 3.05) is 64.8 Å². The minimum Gasteiger partial charge on any atom is -0.495 e. The van der Waals surface area contributed by atoms with Crippen molar-refractivity contribution in [1.82, 2.24) is 10.2 Å². The molecule has 1 saturated heterocycles. The number of rotatable bonds is 11. The van der Waals surface area contributed by atoms with Gasteiger partial charge in [0.25, 0.3) is 0 Å². The Morgan fingerprint density at radius 3 is 2.22 bits per heavy atom. The number of carbonyl (C=O) groups excluding carboxylic acids is 2. The first-order valence-electron chi connectivity index (χ1n) is 16.9. The normalized spacial score (nSPS) is 16.7. The Balaban J connectivity index is 1.51. The molecule has 2 aliphatic rings. The van der Waals surface area contributed by atoms with E-state index >= 15 is 0 Å². The van der Waals surface area contributed by atoms with Crippen molar-refractivity contribution in [2.24, 2.45) is 5.92 Å². The van der Waals surface area contributed by atoms with Gasteiger partial charge in [0.05, 0.1) is 45.9 Å². The fourth-order valence-corrected chi connectivity index (χ4v) is 6.93. The Kier molecular flexibility index (Phi) is 11.2. The largest absolute Gasteiger partial charge is 0.495 e. The Morgan fingerprint density at radius 1 is 0.898 bits per heavy atom. The number of hydrogen-bond acceptors (Lipinski definition) is 9. The number of nitrogens with zero attached hydrogens (tertiary/aromatic N) is 2. The lowest BCUT2D eigenvalue weighted by Crippen LogP contribution is -2.54. The summed E-state index contributed by atoms with van der Waals surface area (Å²) in [7, 11) is 6.36. The van der Waals surface area contributed by atoms with Crippen LogP contribution >= 0.6 is 0 Å². The Morgan fingerprint density at radius 2 is 1.59 bits per heavy atom. The lowest BCUT2D eigenvalue weighted by Gasteiger charge is -2.39. The lowest BCUT2D eigenvalue weighted by molar-refractivity contribution is -0.133. The summed E-state index contributed by atoms with van der Waals surface area (Å²) in [5.41, 5.74) is 4.14. The average Bonchev–Trinajstić information content (AvgIpc) is 3.36. The zero-order valence-corrected chi connectivity index (χ0v) is 29.6. The van der Waals surface area contributed by atoms with Crippen molar-refractivity contribution in [3.8, 4) is 34.1 Å². The Labute approximate surface area is 288 Å². The van der Waals surface area contributed by atoms with Gasteiger partial charge in [-0.05, 0) is 65.8 Å². The highest BCUT2D eigenvalue weighted by Gasteiger charge is 2.33. The quantitative estimate of drug-likeness (QED) is 0.289. The van der Waals surface area contributed by atoms with Gasteiger partial charge in [0.2, 0.25) is 23.0 Å². The van der Waals surface area contributed by atoms with Crippen molar-refractivity contribution in [2.45, 2.75) is 52.1 Å². The van der Waals surface area contributed by atoms with Crippen molar-refractivity contribution >= 4 is 23.2 Å². The van der Waals surface area contributed by atoms with Gasteiger partial charge in [-0.15, -0.1) is 0 Å². The van der Waals surface area contributed by atoms with Crippen LogP contribution in [0.3, 0.4) is 0 Å². The Hall–Kier alpha value is -4.93. The van der Waals surface area contributed by atoms with E-state index in [0.29, 0.717) is 67.5 Å². The predicted molar refractivity (Wildman–Crippen MR) is 191 cm³/mol. The average molecular weight is 673 g/mol. The smallest absolute Gasteiger partial charge is 0.245 e. The molecule has 1 aliphatic carbocycles. The van der Waals surface area contributed by atoms with E-state index in [-0.39, 0.29) is 23.2 Å². The molecule has 0 aromatic heterocycles. The van der Waals surface area contributed by atoms with Crippen molar-refractivity contribution in [3.05, 3.63) is 69.9 Å². The van der Waals surface area contributed by atoms with Crippen molar-refractivity contribution < 1.29 is 28.5 Å². The molecule has 3 atom stereocenters. The maximum atomic E-state index is 14.1. The first-order valence-corrected chi connectivity index (χ1v) is 16.9. The van der Waals surface area contributed by atoms with Gasteiger partial charge in [0, 0.05) is 38.7 Å². The second-order valence-electron chi connectivity index (χ2n) is 12.6. The lowest BCUT2D eigenvalue weighted by atomic mass is 9.95. The summed E-state index contributed by atoms with van der Waals surface area (Å²) >= 11 is 0. The summed E-state index contributed by atoms with van der Waals surface area (Å²) in [6.45, 7) is 7.96. The number of ether oxygens (including phenoxy) is 4. The molecule has 11 heteroatoms. The number of carbonyl (C=O) groups is 2. The summed E-state index contributed by atoms with van der Waals surface area (Å²) in [5.74, 6) is 1.97. The van der Waals surface area contributed by atoms with E-state index in [4.69, 9.17) is 18.9 Å². The molecular weight excluding hydrogens is 624 g/mol. The maximum absolute atomic E-state index is 14.1. The number of fused-ring (bicyclic) bond motifs is 3. The molecule has 262 valence electrons. The van der Waals surface area contributed by atoms with Crippen LogP contribution in [0.25, 0.3) is 11.1 Å². The van der Waals surface area contributed by atoms with Crippen LogP contribution in [0, 0.1) is 5.92 Å². The molecule has 5 rings (SSSR count). The van der Waals surface area contributed by atoms with Crippen LogP contribution in [0.1, 0.15) is 50.8 Å². The summed E-state index contributed by atoms with van der Waals surface area (Å²) in [5, 5.41) is 6.41. The van der Waals surface area contributed by atoms with Crippen LogP contribution < -0.4 is 39.9 Å². The molecule has 3 aromatic carbocycles. The van der Waals surface area contributed by atoms with Crippen LogP contribution in [-0.2, 0) is 16.0 Å². The zero-order valence-electron chi connectivity index (χ0n) is 29.6. The summed E-state index contributed by atoms with van der Waals surface area (Å²) in [6.07, 6.45) is 1.90. The van der Waals surface area contributed by atoms with E-state index in [2.05, 4.69) is 15.5 Å². The molecule has 0 saturated carbocycles. The third kappa shape index (κ3) is 7.25. The van der Waals surface area contributed by atoms with E-state index in [1.165, 1.54) is 6.92 Å². The van der Waals surface area contributed by atoms with E-state index in [9.17, 15) is 14.4 Å². The molecule has 1 aliphatic heterocycles. The molecule has 0 spiro atoms. The second-order valence-corrected chi connectivity index (χ2v) is 12.6. The minimum absolute atomic E-state index is 0.0403. The summed E-state index contributed by atoms with van der Waals surface area (Å²) < 4.78 is 22.8. The monoisotopic (exact) mass is 672 g/mol. The van der Waals surface area contributed by atoms with Crippen LogP contribution in [0.5, 0.6) is 23.0 Å². The van der Waals surface area contributed by atoms with Crippen LogP contribution in [-0.4, -0.2) is 77.4 Å². The standard InChI is InChI=1S/C38H48N4O7/c1-8-23(2)35(38(45)42-19-17-41(18-20-42)30-11-9-10-12-32(30)46-4)40-29-16-14-26-27(22-31(29)44)28(39-24(3)43)15-13-25-21-33(47-5)36(48-6)37(49-7)34(25)26/h9-12,14,16,21-23,28,35H,8,13,15,17-20H2,1-7H3,(H,39,43)(H,40,44)/t23-,28+,35+/m0/s1. The van der Waals surface area contributed by atoms with Crippen LogP contribution in [0.15, 0.2) is 53.3 Å². The molecule has 0 unspecified atom stereocenters. The number of benzene rings is 2. The molecule has 0 bridgehead atoms. The molecule has 49 heavy (non-hydrogen) atoms. The van der Waals surface area contributed by atoms with Gasteiger partial charge in [-0.25, -0.2) is 0 Å². The first-order chi connectivity index (χ1) is 23.6. The summed E-state index contributed by atoms with van der Waals surface area (Å²) in [6, 6.07) is 14.0. The number of anilines is 2. The molecule has 0 radical (unpaired) electrons. The highest BCUT2D eigenvalue weighted by atomic mass is 16.5. The van der Waals surface area contributed by atoms with E-state index in [1.807, 2.05) is 55.1 Å². The van der Waals surface area contributed by atoms with Gasteiger partial charge in [0.15, 0.2) is 11.5 Å². The molecular formula is C38H48N4O7. The van der Waals surface area contributed by atoms with E-state index in [0.717, 1.165) is 34.5 Å². The minimum atomic E-state index is -0.616. The Bertz CT molecular complexity index is 1740. The fraction of sp³-hybridized carbons (Fsp3) is 0.447. The van der Waals surface area contributed by atoms with E-state index in [1.54, 1.807) is 40.6 Å². The SMILES string of the molecule is CC[C@H](C)[C@@H](Nc1ccc2c(cc1=O)[C@H](NC(C)=O)CCc1cc(OC)c(OC)c(OC)c1-2)C(=O)N1CCN(c2ccccc2OC)CC1. The second kappa shape index (κ2) is 15.5. The number of nitrogens with one attached hydrogen (secondary N) is 2. The van der Waals surface area contributed by atoms with Gasteiger partial charge in [-0.1, -0.05) is 38.5 Å². The maximum Gasteiger partial charge on any atom is 0.245 e. The molecule has 2 amide bonds. The molecule has 3 aromatic rings. The molecule has 11 nitrogen and oxygen atoms in total.